The van der Waals surface area contributed by atoms with Gasteiger partial charge in [-0.05, 0) is 50.9 Å². The standard InChI is InChI=1S/C15H30O3/c1-11(17)12(10-16)6-7-13-14(2,3)8-5-9-15(13,4)18/h11-13,16-18H,5-10H2,1-4H3/t11?,12?,13-,15-/m0/s1. The van der Waals surface area contributed by atoms with Crippen LogP contribution in [0.4, 0.5) is 0 Å². The predicted molar refractivity (Wildman–Crippen MR) is 73.2 cm³/mol. The Morgan fingerprint density at radius 1 is 1.22 bits per heavy atom. The number of hydrogen-bond acceptors (Lipinski definition) is 3. The SMILES string of the molecule is CC(O)C(CO)CC[C@H]1C(C)(C)CCC[C@]1(C)O. The topological polar surface area (TPSA) is 60.7 Å². The maximum Gasteiger partial charge on any atom is 0.0652 e. The summed E-state index contributed by atoms with van der Waals surface area (Å²) in [6, 6.07) is 0. The van der Waals surface area contributed by atoms with Crippen molar-refractivity contribution in [2.45, 2.75) is 71.5 Å². The van der Waals surface area contributed by atoms with Gasteiger partial charge in [0.1, 0.15) is 0 Å². The highest BCUT2D eigenvalue weighted by molar-refractivity contribution is 4.96. The predicted octanol–water partition coefficient (Wildman–Crippen LogP) is 2.33. The Morgan fingerprint density at radius 3 is 2.28 bits per heavy atom. The molecular formula is C15H30O3. The molecule has 108 valence electrons. The Bertz CT molecular complexity index is 242. The molecule has 0 spiro atoms. The lowest BCUT2D eigenvalue weighted by Gasteiger charge is -2.48. The van der Waals surface area contributed by atoms with Crippen LogP contribution in [0.5, 0.6) is 0 Å². The Hall–Kier alpha value is -0.120. The molecule has 0 aromatic carbocycles. The second-order valence-electron chi connectivity index (χ2n) is 7.01. The molecule has 1 fully saturated rings. The molecule has 0 aliphatic heterocycles. The third kappa shape index (κ3) is 3.69. The van der Waals surface area contributed by atoms with E-state index in [9.17, 15) is 15.3 Å². The average Bonchev–Trinajstić information content (AvgIpc) is 2.20. The fourth-order valence-corrected chi connectivity index (χ4v) is 3.66. The zero-order valence-corrected chi connectivity index (χ0v) is 12.3. The van der Waals surface area contributed by atoms with E-state index in [1.54, 1.807) is 6.92 Å². The molecule has 0 amide bonds. The fourth-order valence-electron chi connectivity index (χ4n) is 3.66. The zero-order chi connectivity index (χ0) is 14.0. The average molecular weight is 258 g/mol. The van der Waals surface area contributed by atoms with Crippen molar-refractivity contribution in [2.24, 2.45) is 17.3 Å². The Labute approximate surface area is 111 Å². The van der Waals surface area contributed by atoms with Crippen LogP contribution in [0.2, 0.25) is 0 Å². The van der Waals surface area contributed by atoms with E-state index in [1.807, 2.05) is 6.92 Å². The van der Waals surface area contributed by atoms with Gasteiger partial charge in [-0.15, -0.1) is 0 Å². The summed E-state index contributed by atoms with van der Waals surface area (Å²) >= 11 is 0. The van der Waals surface area contributed by atoms with E-state index in [2.05, 4.69) is 13.8 Å². The van der Waals surface area contributed by atoms with Gasteiger partial charge in [0.2, 0.25) is 0 Å². The van der Waals surface area contributed by atoms with Crippen LogP contribution in [-0.2, 0) is 0 Å². The van der Waals surface area contributed by atoms with Crippen molar-refractivity contribution < 1.29 is 15.3 Å². The Morgan fingerprint density at radius 2 is 1.83 bits per heavy atom. The molecule has 1 rings (SSSR count). The molecule has 3 N–H and O–H groups in total. The van der Waals surface area contributed by atoms with Crippen molar-refractivity contribution in [1.82, 2.24) is 0 Å². The first kappa shape index (κ1) is 15.9. The van der Waals surface area contributed by atoms with Crippen LogP contribution in [0.1, 0.15) is 59.8 Å². The Balaban J connectivity index is 2.67. The van der Waals surface area contributed by atoms with Crippen molar-refractivity contribution in [3.8, 4) is 0 Å². The minimum atomic E-state index is -0.611. The first-order valence-electron chi connectivity index (χ1n) is 7.22. The van der Waals surface area contributed by atoms with E-state index in [1.165, 1.54) is 0 Å². The highest BCUT2D eigenvalue weighted by atomic mass is 16.3. The van der Waals surface area contributed by atoms with Gasteiger partial charge in [-0.1, -0.05) is 20.3 Å². The molecule has 4 atom stereocenters. The van der Waals surface area contributed by atoms with Gasteiger partial charge >= 0.3 is 0 Å². The summed E-state index contributed by atoms with van der Waals surface area (Å²) < 4.78 is 0. The normalized spacial score (nSPS) is 35.2. The summed E-state index contributed by atoms with van der Waals surface area (Å²) in [5.74, 6) is 0.171. The largest absolute Gasteiger partial charge is 0.396 e. The number of aliphatic hydroxyl groups excluding tert-OH is 2. The lowest BCUT2D eigenvalue weighted by Crippen LogP contribution is -2.47. The number of aliphatic hydroxyl groups is 3. The van der Waals surface area contributed by atoms with Gasteiger partial charge in [0.05, 0.1) is 11.7 Å². The van der Waals surface area contributed by atoms with Gasteiger partial charge in [0.15, 0.2) is 0 Å². The molecule has 0 bridgehead atoms. The fraction of sp³-hybridized carbons (Fsp3) is 1.00. The van der Waals surface area contributed by atoms with Crippen LogP contribution in [0.15, 0.2) is 0 Å². The minimum absolute atomic E-state index is 0.0208. The van der Waals surface area contributed by atoms with Gasteiger partial charge in [-0.25, -0.2) is 0 Å². The minimum Gasteiger partial charge on any atom is -0.396 e. The summed E-state index contributed by atoms with van der Waals surface area (Å²) in [6.07, 6.45) is 4.25. The van der Waals surface area contributed by atoms with Gasteiger partial charge < -0.3 is 15.3 Å². The molecule has 1 aliphatic carbocycles. The van der Waals surface area contributed by atoms with Crippen molar-refractivity contribution in [3.63, 3.8) is 0 Å². The molecule has 3 heteroatoms. The molecule has 3 nitrogen and oxygen atoms in total. The quantitative estimate of drug-likeness (QED) is 0.709. The summed E-state index contributed by atoms with van der Waals surface area (Å²) in [4.78, 5) is 0. The Kier molecular flexibility index (Phi) is 5.22. The van der Waals surface area contributed by atoms with Crippen molar-refractivity contribution >= 4 is 0 Å². The second kappa shape index (κ2) is 5.89. The van der Waals surface area contributed by atoms with Gasteiger partial charge in [-0.3, -0.25) is 0 Å². The first-order valence-corrected chi connectivity index (χ1v) is 7.22. The van der Waals surface area contributed by atoms with E-state index in [0.717, 1.165) is 32.1 Å². The number of hydrogen-bond donors (Lipinski definition) is 3. The third-order valence-electron chi connectivity index (χ3n) is 4.94. The van der Waals surface area contributed by atoms with E-state index >= 15 is 0 Å². The van der Waals surface area contributed by atoms with E-state index < -0.39 is 11.7 Å². The molecule has 0 saturated heterocycles. The maximum atomic E-state index is 10.6. The van der Waals surface area contributed by atoms with Crippen LogP contribution in [0.25, 0.3) is 0 Å². The molecule has 1 aliphatic rings. The maximum absolute atomic E-state index is 10.6. The molecule has 18 heavy (non-hydrogen) atoms. The first-order chi connectivity index (χ1) is 8.20. The monoisotopic (exact) mass is 258 g/mol. The van der Waals surface area contributed by atoms with Gasteiger partial charge in [0, 0.05) is 12.5 Å². The molecule has 0 aromatic rings. The highest BCUT2D eigenvalue weighted by Crippen LogP contribution is 2.48. The summed E-state index contributed by atoms with van der Waals surface area (Å²) in [7, 11) is 0. The van der Waals surface area contributed by atoms with Crippen molar-refractivity contribution in [2.75, 3.05) is 6.61 Å². The van der Waals surface area contributed by atoms with Crippen LogP contribution in [0.3, 0.4) is 0 Å². The smallest absolute Gasteiger partial charge is 0.0652 e. The van der Waals surface area contributed by atoms with Gasteiger partial charge in [-0.2, -0.15) is 0 Å². The van der Waals surface area contributed by atoms with E-state index in [-0.39, 0.29) is 23.9 Å². The molecule has 0 aromatic heterocycles. The molecule has 2 unspecified atom stereocenters. The van der Waals surface area contributed by atoms with Crippen LogP contribution < -0.4 is 0 Å². The molecular weight excluding hydrogens is 228 g/mol. The van der Waals surface area contributed by atoms with E-state index in [0.29, 0.717) is 0 Å². The van der Waals surface area contributed by atoms with Crippen molar-refractivity contribution in [1.29, 1.82) is 0 Å². The van der Waals surface area contributed by atoms with Crippen LogP contribution in [-0.4, -0.2) is 33.6 Å². The van der Waals surface area contributed by atoms with Crippen LogP contribution >= 0.6 is 0 Å². The molecule has 0 heterocycles. The highest BCUT2D eigenvalue weighted by Gasteiger charge is 2.45. The summed E-state index contributed by atoms with van der Waals surface area (Å²) in [5.41, 5.74) is -0.471. The zero-order valence-electron chi connectivity index (χ0n) is 12.3. The summed E-state index contributed by atoms with van der Waals surface area (Å²) in [5, 5.41) is 29.4. The van der Waals surface area contributed by atoms with Crippen LogP contribution in [0, 0.1) is 17.3 Å². The summed E-state index contributed by atoms with van der Waals surface area (Å²) in [6.45, 7) is 8.14. The van der Waals surface area contributed by atoms with E-state index in [4.69, 9.17) is 0 Å². The molecule has 1 saturated carbocycles. The lowest BCUT2D eigenvalue weighted by atomic mass is 9.60. The lowest BCUT2D eigenvalue weighted by molar-refractivity contribution is -0.0962. The second-order valence-corrected chi connectivity index (χ2v) is 7.01. The third-order valence-corrected chi connectivity index (χ3v) is 4.94. The number of rotatable bonds is 5. The van der Waals surface area contributed by atoms with Gasteiger partial charge in [0.25, 0.3) is 0 Å². The molecule has 0 radical (unpaired) electrons. The van der Waals surface area contributed by atoms with Crippen molar-refractivity contribution in [3.05, 3.63) is 0 Å².